The van der Waals surface area contributed by atoms with Crippen LogP contribution in [0.3, 0.4) is 0 Å². The highest BCUT2D eigenvalue weighted by Gasteiger charge is 2.43. The quantitative estimate of drug-likeness (QED) is 0.251. The number of fused-ring (bicyclic) bond motifs is 2. The van der Waals surface area contributed by atoms with Gasteiger partial charge in [0.25, 0.3) is 0 Å². The van der Waals surface area contributed by atoms with E-state index in [1.165, 1.54) is 33.9 Å². The molecular weight excluding hydrogens is 490 g/mol. The monoisotopic (exact) mass is 521 g/mol. The van der Waals surface area contributed by atoms with E-state index in [2.05, 4.69) is 121 Å². The first-order valence-corrected chi connectivity index (χ1v) is 11.7. The molecule has 0 radical (unpaired) electrons. The predicted octanol–water partition coefficient (Wildman–Crippen LogP) is 3.43. The van der Waals surface area contributed by atoms with Gasteiger partial charge >= 0.3 is 0 Å². The average Bonchev–Trinajstić information content (AvgIpc) is 3.11. The van der Waals surface area contributed by atoms with Crippen LogP contribution in [0.4, 0.5) is 11.4 Å². The summed E-state index contributed by atoms with van der Waals surface area (Å²) in [6.45, 7) is 10.9. The fourth-order valence-electron chi connectivity index (χ4n) is 5.27. The summed E-state index contributed by atoms with van der Waals surface area (Å²) >= 11 is 4.73. The summed E-state index contributed by atoms with van der Waals surface area (Å²) in [5, 5.41) is 2.48. The Balaban J connectivity index is 0.00000306. The number of allylic oxidation sites excluding steroid dienone is 4. The van der Waals surface area contributed by atoms with Gasteiger partial charge in [0, 0.05) is 41.1 Å². The summed E-state index contributed by atoms with van der Waals surface area (Å²) in [6.07, 6.45) is 7.74. The summed E-state index contributed by atoms with van der Waals surface area (Å²) in [5.41, 5.74) is 7.89. The van der Waals surface area contributed by atoms with Crippen LogP contribution >= 0.6 is 12.2 Å². The van der Waals surface area contributed by atoms with E-state index < -0.39 is 0 Å². The molecule has 0 fully saturated rings. The number of hydrogen-bond acceptors (Lipinski definition) is 3. The van der Waals surface area contributed by atoms with E-state index in [0.29, 0.717) is 6.54 Å². The lowest BCUT2D eigenvalue weighted by Gasteiger charge is -2.26. The normalized spacial score (nSPS) is 18.8. The third-order valence-corrected chi connectivity index (χ3v) is 7.09. The highest BCUT2D eigenvalue weighted by atomic mass is 79.9. The molecule has 2 aromatic carbocycles. The van der Waals surface area contributed by atoms with Gasteiger partial charge in [-0.2, -0.15) is 4.58 Å². The highest BCUT2D eigenvalue weighted by Crippen LogP contribution is 2.47. The summed E-state index contributed by atoms with van der Waals surface area (Å²) in [7, 11) is 2.17. The van der Waals surface area contributed by atoms with Crippen LogP contribution in [0.2, 0.25) is 0 Å². The van der Waals surface area contributed by atoms with Crippen LogP contribution < -0.4 is 21.9 Å². The fourth-order valence-corrected chi connectivity index (χ4v) is 5.36. The maximum Gasteiger partial charge on any atom is 0.209 e. The van der Waals surface area contributed by atoms with Gasteiger partial charge in [0.1, 0.15) is 7.05 Å². The molecule has 2 aliphatic rings. The van der Waals surface area contributed by atoms with E-state index in [9.17, 15) is 0 Å². The third kappa shape index (κ3) is 4.42. The van der Waals surface area contributed by atoms with Crippen molar-refractivity contribution in [1.29, 1.82) is 0 Å². The molecule has 0 atom stereocenters. The highest BCUT2D eigenvalue weighted by molar-refractivity contribution is 7.78. The average molecular weight is 523 g/mol. The van der Waals surface area contributed by atoms with E-state index in [4.69, 9.17) is 12.2 Å². The maximum atomic E-state index is 4.73. The van der Waals surface area contributed by atoms with Gasteiger partial charge in [-0.1, -0.05) is 56.3 Å². The molecule has 172 valence electrons. The lowest BCUT2D eigenvalue weighted by Crippen LogP contribution is -3.00. The van der Waals surface area contributed by atoms with Gasteiger partial charge in [0.05, 0.1) is 17.1 Å². The standard InChI is InChI=1S/C28H32N3S.BrH/c1-27(2)21-12-6-8-14-23(21)30(5)25(27)16-10-17-26-28(3,4)22-13-7-9-15-24(22)31(26)19-11-18-29-20-32;/h6-10,12-17H,11,18-19H2,1-5H3;1H/q+1;/p-1. The number of para-hydroxylation sites is 2. The van der Waals surface area contributed by atoms with Gasteiger partial charge in [-0.15, -0.1) is 0 Å². The van der Waals surface area contributed by atoms with E-state index in [1.807, 2.05) is 0 Å². The van der Waals surface area contributed by atoms with Crippen LogP contribution in [0, 0.1) is 0 Å². The first-order valence-electron chi connectivity index (χ1n) is 11.3. The van der Waals surface area contributed by atoms with Crippen molar-refractivity contribution in [2.45, 2.75) is 44.9 Å². The Kier molecular flexibility index (Phi) is 7.58. The van der Waals surface area contributed by atoms with Crippen molar-refractivity contribution < 1.29 is 21.6 Å². The minimum absolute atomic E-state index is 0. The third-order valence-electron chi connectivity index (χ3n) is 6.96. The molecule has 0 spiro atoms. The minimum Gasteiger partial charge on any atom is -1.00 e. The molecule has 0 unspecified atom stereocenters. The Morgan fingerprint density at radius 1 is 1.00 bits per heavy atom. The topological polar surface area (TPSA) is 18.6 Å². The molecule has 0 N–H and O–H groups in total. The van der Waals surface area contributed by atoms with Crippen LogP contribution in [0.15, 0.2) is 77.4 Å². The van der Waals surface area contributed by atoms with Crippen LogP contribution in [-0.2, 0) is 10.8 Å². The van der Waals surface area contributed by atoms with E-state index in [-0.39, 0.29) is 27.8 Å². The molecule has 2 heterocycles. The van der Waals surface area contributed by atoms with Crippen molar-refractivity contribution in [2.24, 2.45) is 4.99 Å². The Bertz CT molecular complexity index is 1180. The molecule has 3 nitrogen and oxygen atoms in total. The Hall–Kier alpha value is -2.33. The number of rotatable bonds is 6. The fraction of sp³-hybridized carbons (Fsp3) is 0.357. The molecular formula is C28H32BrN3S. The van der Waals surface area contributed by atoms with Crippen LogP contribution in [0.25, 0.3) is 0 Å². The van der Waals surface area contributed by atoms with Crippen molar-refractivity contribution in [1.82, 2.24) is 0 Å². The number of aliphatic imine (C=N–C) groups is 1. The zero-order chi connectivity index (χ0) is 22.9. The van der Waals surface area contributed by atoms with Crippen molar-refractivity contribution in [3.05, 3.63) is 83.6 Å². The zero-order valence-corrected chi connectivity index (χ0v) is 22.5. The van der Waals surface area contributed by atoms with Crippen molar-refractivity contribution in [3.8, 4) is 0 Å². The predicted molar refractivity (Wildman–Crippen MR) is 139 cm³/mol. The van der Waals surface area contributed by atoms with Gasteiger partial charge in [0.2, 0.25) is 5.69 Å². The lowest BCUT2D eigenvalue weighted by molar-refractivity contribution is -0.401. The van der Waals surface area contributed by atoms with Gasteiger partial charge < -0.3 is 21.9 Å². The SMILES string of the molecule is C[N+]1=C(/C=C/C=C2/N(CCCN=C=S)c3ccccc3C2(C)C)C(C)(C)c2ccccc21.[Br-]. The van der Waals surface area contributed by atoms with Crippen molar-refractivity contribution in [3.63, 3.8) is 0 Å². The minimum atomic E-state index is -0.0565. The van der Waals surface area contributed by atoms with Gasteiger partial charge in [-0.3, -0.25) is 0 Å². The summed E-state index contributed by atoms with van der Waals surface area (Å²) < 4.78 is 2.32. The molecule has 0 aliphatic carbocycles. The number of nitrogens with zero attached hydrogens (tertiary/aromatic N) is 3. The molecule has 0 amide bonds. The second-order valence-electron chi connectivity index (χ2n) is 9.62. The van der Waals surface area contributed by atoms with Crippen LogP contribution in [-0.4, -0.2) is 35.6 Å². The molecule has 4 rings (SSSR count). The van der Waals surface area contributed by atoms with Crippen LogP contribution in [0.1, 0.15) is 45.2 Å². The number of benzene rings is 2. The molecule has 5 heteroatoms. The number of halogens is 1. The first kappa shape index (κ1) is 25.3. The zero-order valence-electron chi connectivity index (χ0n) is 20.1. The molecule has 0 saturated carbocycles. The Morgan fingerprint density at radius 2 is 1.67 bits per heavy atom. The summed E-state index contributed by atoms with van der Waals surface area (Å²) in [5.74, 6) is 0. The Morgan fingerprint density at radius 3 is 2.36 bits per heavy atom. The molecule has 0 aromatic heterocycles. The smallest absolute Gasteiger partial charge is 0.209 e. The van der Waals surface area contributed by atoms with E-state index >= 15 is 0 Å². The Labute approximate surface area is 214 Å². The van der Waals surface area contributed by atoms with E-state index in [0.717, 1.165) is 13.0 Å². The molecule has 2 aliphatic heterocycles. The van der Waals surface area contributed by atoms with Gasteiger partial charge in [0.15, 0.2) is 5.71 Å². The number of isothiocyanates is 1. The van der Waals surface area contributed by atoms with Crippen LogP contribution in [0.5, 0.6) is 0 Å². The number of anilines is 1. The first-order chi connectivity index (χ1) is 15.3. The maximum absolute atomic E-state index is 4.73. The van der Waals surface area contributed by atoms with Gasteiger partial charge in [-0.05, 0) is 50.2 Å². The van der Waals surface area contributed by atoms with Gasteiger partial charge in [-0.25, -0.2) is 4.99 Å². The molecule has 33 heavy (non-hydrogen) atoms. The second-order valence-corrected chi connectivity index (χ2v) is 9.80. The van der Waals surface area contributed by atoms with E-state index in [1.54, 1.807) is 0 Å². The molecule has 2 aromatic rings. The summed E-state index contributed by atoms with van der Waals surface area (Å²) in [4.78, 5) is 6.55. The lowest BCUT2D eigenvalue weighted by atomic mass is 9.81. The van der Waals surface area contributed by atoms with Crippen molar-refractivity contribution >= 4 is 34.5 Å². The second kappa shape index (κ2) is 9.89. The summed E-state index contributed by atoms with van der Waals surface area (Å²) in [6, 6.07) is 17.4. The largest absolute Gasteiger partial charge is 1.00 e. The molecule has 0 saturated heterocycles. The molecule has 0 bridgehead atoms. The number of thiocarbonyl (C=S) groups is 1. The van der Waals surface area contributed by atoms with Crippen molar-refractivity contribution in [2.75, 3.05) is 25.0 Å². The number of hydrogen-bond donors (Lipinski definition) is 0.